The van der Waals surface area contributed by atoms with E-state index in [9.17, 15) is 0 Å². The van der Waals surface area contributed by atoms with Crippen molar-refractivity contribution in [2.45, 2.75) is 26.2 Å². The van der Waals surface area contributed by atoms with Crippen molar-refractivity contribution in [3.63, 3.8) is 0 Å². The molecule has 0 amide bonds. The van der Waals surface area contributed by atoms with E-state index in [1.807, 2.05) is 18.3 Å². The fourth-order valence-electron chi connectivity index (χ4n) is 1.60. The first-order valence-corrected chi connectivity index (χ1v) is 4.86. The fraction of sp³-hybridized carbons (Fsp3) is 0.545. The normalized spacial score (nSPS) is 13.2. The summed E-state index contributed by atoms with van der Waals surface area (Å²) in [5.74, 6) is 1.12. The van der Waals surface area contributed by atoms with Gasteiger partial charge >= 0.3 is 0 Å². The minimum atomic E-state index is 0.506. The predicted molar refractivity (Wildman–Crippen MR) is 55.5 cm³/mol. The molecule has 1 unspecified atom stereocenters. The smallest absolute Gasteiger partial charge is 0.0437 e. The van der Waals surface area contributed by atoms with Crippen molar-refractivity contribution in [2.75, 3.05) is 6.54 Å². The molecule has 2 heteroatoms. The Morgan fingerprint density at radius 2 is 2.15 bits per heavy atom. The van der Waals surface area contributed by atoms with Crippen LogP contribution < -0.4 is 5.73 Å². The highest BCUT2D eigenvalue weighted by molar-refractivity contribution is 5.10. The Kier molecular flexibility index (Phi) is 3.90. The van der Waals surface area contributed by atoms with Crippen molar-refractivity contribution in [3.05, 3.63) is 30.1 Å². The third-order valence-electron chi connectivity index (χ3n) is 2.35. The molecule has 1 aromatic heterocycles. The van der Waals surface area contributed by atoms with E-state index in [-0.39, 0.29) is 0 Å². The molecule has 13 heavy (non-hydrogen) atoms. The fourth-order valence-corrected chi connectivity index (χ4v) is 1.60. The molecule has 0 aromatic carbocycles. The average molecular weight is 178 g/mol. The second-order valence-electron chi connectivity index (χ2n) is 3.68. The van der Waals surface area contributed by atoms with Crippen LogP contribution in [0.4, 0.5) is 0 Å². The highest BCUT2D eigenvalue weighted by Crippen LogP contribution is 2.25. The van der Waals surface area contributed by atoms with E-state index in [0.29, 0.717) is 11.8 Å². The van der Waals surface area contributed by atoms with E-state index in [1.54, 1.807) is 0 Å². The van der Waals surface area contributed by atoms with Crippen molar-refractivity contribution >= 4 is 0 Å². The van der Waals surface area contributed by atoms with Gasteiger partial charge in [-0.2, -0.15) is 0 Å². The average Bonchev–Trinajstić information content (AvgIpc) is 2.15. The summed E-state index contributed by atoms with van der Waals surface area (Å²) < 4.78 is 0. The van der Waals surface area contributed by atoms with Crippen molar-refractivity contribution in [1.29, 1.82) is 0 Å². The van der Waals surface area contributed by atoms with Crippen LogP contribution in [0.2, 0.25) is 0 Å². The predicted octanol–water partition coefficient (Wildman–Crippen LogP) is 2.17. The van der Waals surface area contributed by atoms with Gasteiger partial charge in [0.25, 0.3) is 0 Å². The number of hydrogen-bond acceptors (Lipinski definition) is 2. The molecule has 2 N–H and O–H groups in total. The Morgan fingerprint density at radius 3 is 2.62 bits per heavy atom. The summed E-state index contributed by atoms with van der Waals surface area (Å²) in [6, 6.07) is 6.07. The third kappa shape index (κ3) is 2.81. The lowest BCUT2D eigenvalue weighted by Gasteiger charge is -2.19. The maximum absolute atomic E-state index is 5.58. The molecule has 2 nitrogen and oxygen atoms in total. The zero-order chi connectivity index (χ0) is 9.68. The van der Waals surface area contributed by atoms with Crippen LogP contribution in [0.25, 0.3) is 0 Å². The van der Waals surface area contributed by atoms with Gasteiger partial charge in [-0.05, 0) is 31.0 Å². The van der Waals surface area contributed by atoms with Gasteiger partial charge in [0.2, 0.25) is 0 Å². The largest absolute Gasteiger partial charge is 0.330 e. The standard InChI is InChI=1S/C11H18N2/c1-9(2)10(6-7-12)11-5-3-4-8-13-11/h3-5,8-10H,6-7,12H2,1-2H3. The van der Waals surface area contributed by atoms with Gasteiger partial charge in [0.1, 0.15) is 0 Å². The number of pyridine rings is 1. The first kappa shape index (κ1) is 10.2. The van der Waals surface area contributed by atoms with Crippen LogP contribution >= 0.6 is 0 Å². The monoisotopic (exact) mass is 178 g/mol. The summed E-state index contributed by atoms with van der Waals surface area (Å²) in [7, 11) is 0. The van der Waals surface area contributed by atoms with Crippen molar-refractivity contribution in [1.82, 2.24) is 4.98 Å². The van der Waals surface area contributed by atoms with E-state index in [1.165, 1.54) is 5.69 Å². The Morgan fingerprint density at radius 1 is 1.38 bits per heavy atom. The molecule has 1 heterocycles. The molecule has 1 atom stereocenters. The van der Waals surface area contributed by atoms with Crippen molar-refractivity contribution < 1.29 is 0 Å². The number of nitrogens with two attached hydrogens (primary N) is 1. The molecule has 0 bridgehead atoms. The molecule has 0 radical (unpaired) electrons. The zero-order valence-corrected chi connectivity index (χ0v) is 8.40. The molecule has 1 aromatic rings. The Labute approximate surface area is 80.2 Å². The van der Waals surface area contributed by atoms with Crippen molar-refractivity contribution in [3.8, 4) is 0 Å². The first-order chi connectivity index (χ1) is 6.25. The molecule has 0 fully saturated rings. The highest BCUT2D eigenvalue weighted by atomic mass is 14.7. The van der Waals surface area contributed by atoms with E-state index < -0.39 is 0 Å². The van der Waals surface area contributed by atoms with E-state index >= 15 is 0 Å². The van der Waals surface area contributed by atoms with Crippen LogP contribution in [0.3, 0.4) is 0 Å². The van der Waals surface area contributed by atoms with Gasteiger partial charge < -0.3 is 5.73 Å². The molecule has 0 aliphatic carbocycles. The molecule has 1 rings (SSSR count). The van der Waals surface area contributed by atoms with Crippen molar-refractivity contribution in [2.24, 2.45) is 11.7 Å². The van der Waals surface area contributed by atoms with Crippen LogP contribution in [-0.4, -0.2) is 11.5 Å². The number of nitrogens with zero attached hydrogens (tertiary/aromatic N) is 1. The van der Waals surface area contributed by atoms with Gasteiger partial charge in [-0.25, -0.2) is 0 Å². The lowest BCUT2D eigenvalue weighted by Crippen LogP contribution is -2.13. The molecular weight excluding hydrogens is 160 g/mol. The van der Waals surface area contributed by atoms with Gasteiger partial charge in [-0.3, -0.25) is 4.98 Å². The summed E-state index contributed by atoms with van der Waals surface area (Å²) in [6.07, 6.45) is 2.87. The summed E-state index contributed by atoms with van der Waals surface area (Å²) in [4.78, 5) is 4.36. The van der Waals surface area contributed by atoms with E-state index in [4.69, 9.17) is 5.73 Å². The van der Waals surface area contributed by atoms with Crippen LogP contribution in [0, 0.1) is 5.92 Å². The maximum Gasteiger partial charge on any atom is 0.0437 e. The van der Waals surface area contributed by atoms with Gasteiger partial charge in [0.05, 0.1) is 0 Å². The second-order valence-corrected chi connectivity index (χ2v) is 3.68. The number of hydrogen-bond donors (Lipinski definition) is 1. The molecule has 72 valence electrons. The zero-order valence-electron chi connectivity index (χ0n) is 8.40. The van der Waals surface area contributed by atoms with Gasteiger partial charge in [0.15, 0.2) is 0 Å². The number of aromatic nitrogens is 1. The molecule has 0 spiro atoms. The summed E-state index contributed by atoms with van der Waals surface area (Å²) in [5, 5.41) is 0. The minimum absolute atomic E-state index is 0.506. The molecule has 0 saturated carbocycles. The molecular formula is C11H18N2. The SMILES string of the molecule is CC(C)C(CCN)c1ccccn1. The molecule has 0 saturated heterocycles. The first-order valence-electron chi connectivity index (χ1n) is 4.86. The van der Waals surface area contributed by atoms with Crippen LogP contribution in [0.15, 0.2) is 24.4 Å². The van der Waals surface area contributed by atoms with Crippen LogP contribution in [-0.2, 0) is 0 Å². The topological polar surface area (TPSA) is 38.9 Å². The lowest BCUT2D eigenvalue weighted by atomic mass is 9.89. The Balaban J connectivity index is 2.76. The summed E-state index contributed by atoms with van der Waals surface area (Å²) >= 11 is 0. The van der Waals surface area contributed by atoms with Gasteiger partial charge in [-0.1, -0.05) is 19.9 Å². The van der Waals surface area contributed by atoms with Gasteiger partial charge in [0, 0.05) is 17.8 Å². The van der Waals surface area contributed by atoms with Crippen LogP contribution in [0.1, 0.15) is 31.9 Å². The van der Waals surface area contributed by atoms with E-state index in [2.05, 4.69) is 24.9 Å². The number of rotatable bonds is 4. The minimum Gasteiger partial charge on any atom is -0.330 e. The Hall–Kier alpha value is -0.890. The molecule has 0 aliphatic heterocycles. The third-order valence-corrected chi connectivity index (χ3v) is 2.35. The lowest BCUT2D eigenvalue weighted by molar-refractivity contribution is 0.463. The second kappa shape index (κ2) is 4.97. The van der Waals surface area contributed by atoms with Gasteiger partial charge in [-0.15, -0.1) is 0 Å². The molecule has 0 aliphatic rings. The summed E-state index contributed by atoms with van der Waals surface area (Å²) in [5.41, 5.74) is 6.75. The van der Waals surface area contributed by atoms with Crippen LogP contribution in [0.5, 0.6) is 0 Å². The Bertz CT molecular complexity index is 231. The van der Waals surface area contributed by atoms with E-state index in [0.717, 1.165) is 13.0 Å². The highest BCUT2D eigenvalue weighted by Gasteiger charge is 2.15. The maximum atomic E-state index is 5.58. The summed E-state index contributed by atoms with van der Waals surface area (Å²) in [6.45, 7) is 5.17. The quantitative estimate of drug-likeness (QED) is 0.767.